The van der Waals surface area contributed by atoms with Crippen LogP contribution in [0.5, 0.6) is 5.75 Å². The third-order valence-corrected chi connectivity index (χ3v) is 3.03. The molecule has 1 heterocycles. The van der Waals surface area contributed by atoms with E-state index in [-0.39, 0.29) is 16.4 Å². The van der Waals surface area contributed by atoms with E-state index >= 15 is 0 Å². The number of aromatic nitrogens is 2. The summed E-state index contributed by atoms with van der Waals surface area (Å²) in [6.45, 7) is 2.37. The Bertz CT molecular complexity index is 604. The van der Waals surface area contributed by atoms with E-state index in [9.17, 15) is 9.18 Å². The maximum atomic E-state index is 13.4. The minimum absolute atomic E-state index is 0.0208. The van der Waals surface area contributed by atoms with Crippen molar-refractivity contribution in [3.8, 4) is 5.75 Å². The molecule has 19 heavy (non-hydrogen) atoms. The first-order valence-corrected chi connectivity index (χ1v) is 6.05. The molecule has 0 bridgehead atoms. The van der Waals surface area contributed by atoms with Crippen molar-refractivity contribution < 1.29 is 13.9 Å². The van der Waals surface area contributed by atoms with Crippen molar-refractivity contribution in [3.63, 3.8) is 0 Å². The molecule has 0 aliphatic rings. The Kier molecular flexibility index (Phi) is 3.85. The van der Waals surface area contributed by atoms with Crippen molar-refractivity contribution in [2.75, 3.05) is 7.11 Å². The summed E-state index contributed by atoms with van der Waals surface area (Å²) in [7, 11) is 1.45. The van der Waals surface area contributed by atoms with Gasteiger partial charge in [0.1, 0.15) is 5.82 Å². The molecule has 100 valence electrons. The molecule has 0 amide bonds. The lowest BCUT2D eigenvalue weighted by Gasteiger charge is -2.07. The molecule has 0 saturated carbocycles. The summed E-state index contributed by atoms with van der Waals surface area (Å²) < 4.78 is 20.0. The van der Waals surface area contributed by atoms with E-state index in [1.807, 2.05) is 6.92 Å². The standard InChI is InChI=1S/C13H12ClFN2O2/c1-3-17-12(11(19-2)7-16-17)13(18)8-4-5-9(14)10(15)6-8/h4-7H,3H2,1-2H3. The molecular formula is C13H12ClFN2O2. The van der Waals surface area contributed by atoms with Gasteiger partial charge in [0, 0.05) is 12.1 Å². The van der Waals surface area contributed by atoms with Gasteiger partial charge in [-0.05, 0) is 25.1 Å². The fourth-order valence-electron chi connectivity index (χ4n) is 1.76. The van der Waals surface area contributed by atoms with Crippen LogP contribution in [0.3, 0.4) is 0 Å². The Labute approximate surface area is 114 Å². The van der Waals surface area contributed by atoms with Gasteiger partial charge in [0.15, 0.2) is 11.4 Å². The van der Waals surface area contributed by atoms with E-state index in [1.54, 1.807) is 0 Å². The Balaban J connectivity index is 2.49. The van der Waals surface area contributed by atoms with Crippen molar-refractivity contribution in [1.29, 1.82) is 0 Å². The number of halogens is 2. The van der Waals surface area contributed by atoms with Gasteiger partial charge >= 0.3 is 0 Å². The second-order valence-corrected chi connectivity index (χ2v) is 4.24. The summed E-state index contributed by atoms with van der Waals surface area (Å²) in [5, 5.41) is 4.02. The van der Waals surface area contributed by atoms with Gasteiger partial charge in [-0.15, -0.1) is 0 Å². The van der Waals surface area contributed by atoms with E-state index < -0.39 is 5.82 Å². The molecule has 1 aromatic carbocycles. The molecule has 4 nitrogen and oxygen atoms in total. The lowest BCUT2D eigenvalue weighted by Crippen LogP contribution is -2.12. The van der Waals surface area contributed by atoms with Crippen LogP contribution in [-0.2, 0) is 6.54 Å². The van der Waals surface area contributed by atoms with Gasteiger partial charge in [-0.25, -0.2) is 4.39 Å². The Morgan fingerprint density at radius 1 is 1.53 bits per heavy atom. The second kappa shape index (κ2) is 5.40. The zero-order chi connectivity index (χ0) is 14.0. The SMILES string of the molecule is CCn1ncc(OC)c1C(=O)c1ccc(Cl)c(F)c1. The highest BCUT2D eigenvalue weighted by molar-refractivity contribution is 6.30. The third-order valence-electron chi connectivity index (χ3n) is 2.72. The van der Waals surface area contributed by atoms with Crippen molar-refractivity contribution in [2.24, 2.45) is 0 Å². The van der Waals surface area contributed by atoms with Crippen LogP contribution in [-0.4, -0.2) is 22.7 Å². The van der Waals surface area contributed by atoms with Crippen LogP contribution in [0.25, 0.3) is 0 Å². The summed E-state index contributed by atoms with van der Waals surface area (Å²) in [5.74, 6) is -0.622. The Morgan fingerprint density at radius 2 is 2.26 bits per heavy atom. The highest BCUT2D eigenvalue weighted by Crippen LogP contribution is 2.23. The molecule has 0 unspecified atom stereocenters. The fourth-order valence-corrected chi connectivity index (χ4v) is 1.88. The first-order valence-electron chi connectivity index (χ1n) is 5.68. The van der Waals surface area contributed by atoms with Crippen molar-refractivity contribution in [1.82, 2.24) is 9.78 Å². The zero-order valence-electron chi connectivity index (χ0n) is 10.5. The van der Waals surface area contributed by atoms with Crippen LogP contribution in [0.15, 0.2) is 24.4 Å². The van der Waals surface area contributed by atoms with Crippen molar-refractivity contribution in [2.45, 2.75) is 13.5 Å². The molecule has 0 fully saturated rings. The molecule has 1 aromatic heterocycles. The number of ether oxygens (including phenoxy) is 1. The van der Waals surface area contributed by atoms with Gasteiger partial charge in [0.05, 0.1) is 18.3 Å². The smallest absolute Gasteiger partial charge is 0.214 e. The first-order chi connectivity index (χ1) is 9.08. The summed E-state index contributed by atoms with van der Waals surface area (Å²) in [4.78, 5) is 12.4. The van der Waals surface area contributed by atoms with Crippen LogP contribution in [0.1, 0.15) is 23.0 Å². The molecule has 0 aliphatic heterocycles. The number of nitrogens with zero attached hydrogens (tertiary/aromatic N) is 2. The monoisotopic (exact) mass is 282 g/mol. The maximum absolute atomic E-state index is 13.4. The van der Waals surface area contributed by atoms with E-state index in [0.717, 1.165) is 6.07 Å². The number of methoxy groups -OCH3 is 1. The average molecular weight is 283 g/mol. The number of rotatable bonds is 4. The summed E-state index contributed by atoms with van der Waals surface area (Å²) in [5.41, 5.74) is 0.502. The molecule has 0 aliphatic carbocycles. The molecule has 2 rings (SSSR count). The van der Waals surface area contributed by atoms with Gasteiger partial charge in [-0.2, -0.15) is 5.10 Å². The molecule has 0 saturated heterocycles. The first kappa shape index (κ1) is 13.5. The molecular weight excluding hydrogens is 271 g/mol. The molecule has 0 atom stereocenters. The minimum atomic E-state index is -0.631. The topological polar surface area (TPSA) is 44.1 Å². The second-order valence-electron chi connectivity index (χ2n) is 3.84. The Hall–Kier alpha value is -1.88. The highest BCUT2D eigenvalue weighted by Gasteiger charge is 2.21. The number of aryl methyl sites for hydroxylation is 1. The lowest BCUT2D eigenvalue weighted by atomic mass is 10.1. The third kappa shape index (κ3) is 2.46. The van der Waals surface area contributed by atoms with Crippen molar-refractivity contribution in [3.05, 3.63) is 46.5 Å². The lowest BCUT2D eigenvalue weighted by molar-refractivity contribution is 0.102. The molecule has 0 N–H and O–H groups in total. The van der Waals surface area contributed by atoms with Crippen LogP contribution >= 0.6 is 11.6 Å². The molecule has 0 radical (unpaired) electrons. The van der Waals surface area contributed by atoms with Gasteiger partial charge in [-0.3, -0.25) is 9.48 Å². The normalized spacial score (nSPS) is 10.5. The number of benzene rings is 1. The number of carbonyl (C=O) groups excluding carboxylic acids is 1. The largest absolute Gasteiger partial charge is 0.493 e. The molecule has 6 heteroatoms. The molecule has 2 aromatic rings. The highest BCUT2D eigenvalue weighted by atomic mass is 35.5. The van der Waals surface area contributed by atoms with Crippen LogP contribution in [0, 0.1) is 5.82 Å². The van der Waals surface area contributed by atoms with Crippen LogP contribution in [0.4, 0.5) is 4.39 Å². The van der Waals surface area contributed by atoms with Gasteiger partial charge in [-0.1, -0.05) is 11.6 Å². The number of hydrogen-bond donors (Lipinski definition) is 0. The van der Waals surface area contributed by atoms with Crippen molar-refractivity contribution >= 4 is 17.4 Å². The fraction of sp³-hybridized carbons (Fsp3) is 0.231. The summed E-state index contributed by atoms with van der Waals surface area (Å²) >= 11 is 5.60. The van der Waals surface area contributed by atoms with E-state index in [0.29, 0.717) is 18.0 Å². The van der Waals surface area contributed by atoms with Gasteiger partial charge in [0.25, 0.3) is 0 Å². The number of carbonyl (C=O) groups is 1. The average Bonchev–Trinajstić information content (AvgIpc) is 2.83. The zero-order valence-corrected chi connectivity index (χ0v) is 11.2. The van der Waals surface area contributed by atoms with Gasteiger partial charge in [0.2, 0.25) is 5.78 Å². The van der Waals surface area contributed by atoms with E-state index in [2.05, 4.69) is 5.10 Å². The predicted octanol–water partition coefficient (Wildman–Crippen LogP) is 2.94. The predicted molar refractivity (Wildman–Crippen MR) is 69.3 cm³/mol. The van der Waals surface area contributed by atoms with E-state index in [1.165, 1.54) is 30.1 Å². The maximum Gasteiger partial charge on any atom is 0.214 e. The van der Waals surface area contributed by atoms with Crippen LogP contribution < -0.4 is 4.74 Å². The van der Waals surface area contributed by atoms with E-state index in [4.69, 9.17) is 16.3 Å². The minimum Gasteiger partial charge on any atom is -0.493 e. The molecule has 0 spiro atoms. The Morgan fingerprint density at radius 3 is 2.84 bits per heavy atom. The summed E-state index contributed by atoms with van der Waals surface area (Å²) in [6.07, 6.45) is 1.46. The summed E-state index contributed by atoms with van der Waals surface area (Å²) in [6, 6.07) is 3.93. The quantitative estimate of drug-likeness (QED) is 0.810. The number of hydrogen-bond acceptors (Lipinski definition) is 3. The van der Waals surface area contributed by atoms with Gasteiger partial charge < -0.3 is 4.74 Å². The number of ketones is 1. The van der Waals surface area contributed by atoms with Crippen LogP contribution in [0.2, 0.25) is 5.02 Å².